The molecule has 4 aromatic rings. The van der Waals surface area contributed by atoms with Crippen LogP contribution in [0.25, 0.3) is 20.5 Å². The van der Waals surface area contributed by atoms with Crippen molar-refractivity contribution in [3.05, 3.63) is 71.2 Å². The number of hydrogen-bond acceptors (Lipinski definition) is 5. The summed E-state index contributed by atoms with van der Waals surface area (Å²) < 4.78 is 14.0. The van der Waals surface area contributed by atoms with Crippen molar-refractivity contribution in [1.82, 2.24) is 0 Å². The van der Waals surface area contributed by atoms with Gasteiger partial charge in [0.15, 0.2) is 5.75 Å². The fraction of sp³-hybridized carbons (Fsp3) is 0.160. The molecule has 3 aromatic carbocycles. The summed E-state index contributed by atoms with van der Waals surface area (Å²) in [6.07, 6.45) is 3.19. The molecule has 4 nitrogen and oxygen atoms in total. The smallest absolute Gasteiger partial charge is 0.153 e. The molecule has 0 aliphatic heterocycles. The lowest BCUT2D eigenvalue weighted by molar-refractivity contribution is -0.107. The molecule has 6 heteroatoms. The van der Waals surface area contributed by atoms with Gasteiger partial charge in [0.1, 0.15) is 23.5 Å². The van der Waals surface area contributed by atoms with Gasteiger partial charge < -0.3 is 19.4 Å². The summed E-state index contributed by atoms with van der Waals surface area (Å²) in [6.45, 7) is 0.584. The molecular formula is C25H21BrO4S. The van der Waals surface area contributed by atoms with Crippen molar-refractivity contribution >= 4 is 43.6 Å². The van der Waals surface area contributed by atoms with Crippen LogP contribution in [0.3, 0.4) is 0 Å². The van der Waals surface area contributed by atoms with Gasteiger partial charge in [-0.1, -0.05) is 28.1 Å². The first kappa shape index (κ1) is 21.4. The van der Waals surface area contributed by atoms with E-state index < -0.39 is 0 Å². The number of carbonyl (C=O) groups excluding carboxylic acids is 1. The Morgan fingerprint density at radius 2 is 1.68 bits per heavy atom. The van der Waals surface area contributed by atoms with E-state index >= 15 is 0 Å². The Bertz CT molecular complexity index is 1170. The largest absolute Gasteiger partial charge is 0.508 e. The number of ether oxygens (including phenoxy) is 2. The van der Waals surface area contributed by atoms with E-state index in [0.717, 1.165) is 55.6 Å². The van der Waals surface area contributed by atoms with Crippen molar-refractivity contribution in [2.75, 3.05) is 6.61 Å². The summed E-state index contributed by atoms with van der Waals surface area (Å²) in [5, 5.41) is 10.9. The highest BCUT2D eigenvalue weighted by Crippen LogP contribution is 2.47. The Labute approximate surface area is 193 Å². The first-order valence-electron chi connectivity index (χ1n) is 10.00. The number of carbonyl (C=O) groups is 1. The zero-order valence-corrected chi connectivity index (χ0v) is 19.1. The average Bonchev–Trinajstić information content (AvgIpc) is 3.12. The molecule has 0 saturated heterocycles. The quantitative estimate of drug-likeness (QED) is 0.191. The van der Waals surface area contributed by atoms with E-state index in [-0.39, 0.29) is 5.75 Å². The average molecular weight is 497 g/mol. The Hall–Kier alpha value is -2.83. The molecule has 0 amide bonds. The lowest BCUT2D eigenvalue weighted by atomic mass is 10.1. The van der Waals surface area contributed by atoms with Gasteiger partial charge in [-0.2, -0.15) is 0 Å². The molecule has 0 bridgehead atoms. The van der Waals surface area contributed by atoms with Gasteiger partial charge in [0.05, 0.1) is 11.5 Å². The number of phenols is 1. The second-order valence-corrected chi connectivity index (χ2v) is 9.00. The molecular weight excluding hydrogens is 476 g/mol. The van der Waals surface area contributed by atoms with Crippen LogP contribution in [-0.2, 0) is 4.79 Å². The maximum Gasteiger partial charge on any atom is 0.153 e. The molecule has 0 saturated carbocycles. The van der Waals surface area contributed by atoms with Crippen LogP contribution in [0, 0.1) is 0 Å². The maximum atomic E-state index is 10.4. The van der Waals surface area contributed by atoms with E-state index in [1.54, 1.807) is 23.5 Å². The summed E-state index contributed by atoms with van der Waals surface area (Å²) in [5.74, 6) is 2.48. The first-order valence-corrected chi connectivity index (χ1v) is 11.6. The molecule has 1 N–H and O–H groups in total. The van der Waals surface area contributed by atoms with E-state index in [1.807, 2.05) is 54.6 Å². The monoisotopic (exact) mass is 496 g/mol. The van der Waals surface area contributed by atoms with Crippen LogP contribution >= 0.6 is 27.3 Å². The number of unbranched alkanes of at least 4 members (excludes halogenated alkanes) is 2. The fourth-order valence-corrected chi connectivity index (χ4v) is 4.63. The number of benzene rings is 3. The summed E-state index contributed by atoms with van der Waals surface area (Å²) in [4.78, 5) is 11.4. The van der Waals surface area contributed by atoms with Crippen LogP contribution in [0.1, 0.15) is 19.3 Å². The van der Waals surface area contributed by atoms with Crippen molar-refractivity contribution in [1.29, 1.82) is 0 Å². The molecule has 0 fully saturated rings. The zero-order valence-electron chi connectivity index (χ0n) is 16.7. The standard InChI is InChI=1S/C25H21BrO4S/c26-18-6-4-17(5-7-18)25-24(22-13-8-19(28)16-23(22)31-25)30-21-11-9-20(10-12-21)29-15-3-1-2-14-27/h4-14,16,28H,1-3,15H2. The van der Waals surface area contributed by atoms with Crippen molar-refractivity contribution < 1.29 is 19.4 Å². The highest BCUT2D eigenvalue weighted by atomic mass is 79.9. The van der Waals surface area contributed by atoms with Crippen molar-refractivity contribution in [2.45, 2.75) is 19.3 Å². The van der Waals surface area contributed by atoms with Gasteiger partial charge in [-0.3, -0.25) is 0 Å². The number of fused-ring (bicyclic) bond motifs is 1. The third-order valence-corrected chi connectivity index (χ3v) is 6.47. The summed E-state index contributed by atoms with van der Waals surface area (Å²) in [7, 11) is 0. The van der Waals surface area contributed by atoms with E-state index in [1.165, 1.54) is 0 Å². The number of rotatable bonds is 9. The molecule has 0 aliphatic carbocycles. The van der Waals surface area contributed by atoms with Crippen LogP contribution < -0.4 is 9.47 Å². The maximum absolute atomic E-state index is 10.4. The Morgan fingerprint density at radius 3 is 2.42 bits per heavy atom. The number of phenolic OH excluding ortho intramolecular Hbond substituents is 1. The second kappa shape index (κ2) is 9.98. The predicted molar refractivity (Wildman–Crippen MR) is 129 cm³/mol. The van der Waals surface area contributed by atoms with Crippen molar-refractivity contribution in [3.63, 3.8) is 0 Å². The molecule has 0 unspecified atom stereocenters. The van der Waals surface area contributed by atoms with Crippen molar-refractivity contribution in [3.8, 4) is 33.4 Å². The number of aldehydes is 1. The van der Waals surface area contributed by atoms with Gasteiger partial charge in [0.2, 0.25) is 0 Å². The molecule has 0 aliphatic rings. The Balaban J connectivity index is 1.58. The van der Waals surface area contributed by atoms with Crippen LogP contribution in [0.2, 0.25) is 0 Å². The number of aromatic hydroxyl groups is 1. The first-order chi connectivity index (χ1) is 15.1. The van der Waals surface area contributed by atoms with Gasteiger partial charge in [-0.15, -0.1) is 11.3 Å². The number of hydrogen-bond donors (Lipinski definition) is 1. The van der Waals surface area contributed by atoms with Crippen molar-refractivity contribution in [2.24, 2.45) is 0 Å². The molecule has 0 atom stereocenters. The van der Waals surface area contributed by atoms with Gasteiger partial charge >= 0.3 is 0 Å². The van der Waals surface area contributed by atoms with Crippen LogP contribution in [0.4, 0.5) is 0 Å². The van der Waals surface area contributed by atoms with Gasteiger partial charge in [0, 0.05) is 21.0 Å². The number of thiophene rings is 1. The minimum absolute atomic E-state index is 0.234. The van der Waals surface area contributed by atoms with Gasteiger partial charge in [-0.05, 0) is 73.0 Å². The normalized spacial score (nSPS) is 10.9. The second-order valence-electron chi connectivity index (χ2n) is 7.03. The minimum atomic E-state index is 0.234. The van der Waals surface area contributed by atoms with Crippen LogP contribution in [0.15, 0.2) is 71.2 Å². The fourth-order valence-electron chi connectivity index (χ4n) is 3.20. The third kappa shape index (κ3) is 5.27. The molecule has 1 aromatic heterocycles. The number of halogens is 1. The highest BCUT2D eigenvalue weighted by molar-refractivity contribution is 9.10. The zero-order chi connectivity index (χ0) is 21.6. The van der Waals surface area contributed by atoms with Crippen LogP contribution in [0.5, 0.6) is 23.0 Å². The predicted octanol–water partition coefficient (Wildman–Crippen LogP) is 7.58. The SMILES string of the molecule is O=CCCCCOc1ccc(Oc2c(-c3ccc(Br)cc3)sc3cc(O)ccc23)cc1. The molecule has 0 spiro atoms. The van der Waals surface area contributed by atoms with Gasteiger partial charge in [0.25, 0.3) is 0 Å². The summed E-state index contributed by atoms with van der Waals surface area (Å²) >= 11 is 5.07. The van der Waals surface area contributed by atoms with Gasteiger partial charge in [-0.25, -0.2) is 0 Å². The summed E-state index contributed by atoms with van der Waals surface area (Å²) in [6, 6.07) is 21.0. The molecule has 31 heavy (non-hydrogen) atoms. The Kier molecular flexibility index (Phi) is 6.89. The highest BCUT2D eigenvalue weighted by Gasteiger charge is 2.17. The third-order valence-electron chi connectivity index (χ3n) is 4.76. The minimum Gasteiger partial charge on any atom is -0.508 e. The topological polar surface area (TPSA) is 55.8 Å². The van der Waals surface area contributed by atoms with E-state index in [0.29, 0.717) is 18.8 Å². The van der Waals surface area contributed by atoms with E-state index in [9.17, 15) is 9.90 Å². The van der Waals surface area contributed by atoms with E-state index in [4.69, 9.17) is 9.47 Å². The lowest BCUT2D eigenvalue weighted by Gasteiger charge is -2.10. The molecule has 158 valence electrons. The van der Waals surface area contributed by atoms with Crippen LogP contribution in [-0.4, -0.2) is 18.0 Å². The Morgan fingerprint density at radius 1 is 0.935 bits per heavy atom. The lowest BCUT2D eigenvalue weighted by Crippen LogP contribution is -1.97. The molecule has 4 rings (SSSR count). The summed E-state index contributed by atoms with van der Waals surface area (Å²) in [5.41, 5.74) is 1.05. The molecule has 0 radical (unpaired) electrons. The molecule has 1 heterocycles. The van der Waals surface area contributed by atoms with E-state index in [2.05, 4.69) is 15.9 Å².